The summed E-state index contributed by atoms with van der Waals surface area (Å²) in [6.45, 7) is 1.99. The predicted octanol–water partition coefficient (Wildman–Crippen LogP) is 3.29. The predicted molar refractivity (Wildman–Crippen MR) is 80.8 cm³/mol. The van der Waals surface area contributed by atoms with Gasteiger partial charge in [-0.15, -0.1) is 0 Å². The fourth-order valence-corrected chi connectivity index (χ4v) is 1.87. The number of furan rings is 1. The van der Waals surface area contributed by atoms with Crippen LogP contribution in [0.2, 0.25) is 0 Å². The molecule has 0 spiro atoms. The Morgan fingerprint density at radius 2 is 2.00 bits per heavy atom. The van der Waals surface area contributed by atoms with E-state index in [0.29, 0.717) is 11.5 Å². The van der Waals surface area contributed by atoms with Crippen LogP contribution < -0.4 is 5.32 Å². The number of nitrogens with zero attached hydrogens (tertiary/aromatic N) is 2. The van der Waals surface area contributed by atoms with E-state index in [1.165, 1.54) is 12.3 Å². The van der Waals surface area contributed by atoms with Gasteiger partial charge in [-0.1, -0.05) is 29.8 Å². The summed E-state index contributed by atoms with van der Waals surface area (Å²) < 4.78 is 9.83. The lowest BCUT2D eigenvalue weighted by Crippen LogP contribution is -2.08. The molecule has 0 fully saturated rings. The number of amides is 1. The summed E-state index contributed by atoms with van der Waals surface area (Å²) in [4.78, 5) is 11.9. The number of aryl methyl sites for hydroxylation is 1. The first kappa shape index (κ1) is 13.8. The van der Waals surface area contributed by atoms with Crippen molar-refractivity contribution in [2.75, 3.05) is 5.32 Å². The van der Waals surface area contributed by atoms with Gasteiger partial charge in [-0.05, 0) is 35.4 Å². The van der Waals surface area contributed by atoms with Crippen LogP contribution in [0, 0.1) is 6.92 Å². The molecule has 22 heavy (non-hydrogen) atoms. The first-order chi connectivity index (χ1) is 10.7. The monoisotopic (exact) mass is 295 g/mol. The summed E-state index contributed by atoms with van der Waals surface area (Å²) in [5.74, 6) is 0.519. The Hall–Kier alpha value is -3.15. The first-order valence-corrected chi connectivity index (χ1v) is 6.64. The molecule has 0 atom stereocenters. The Kier molecular flexibility index (Phi) is 3.82. The highest BCUT2D eigenvalue weighted by Crippen LogP contribution is 2.24. The van der Waals surface area contributed by atoms with Crippen molar-refractivity contribution >= 4 is 17.8 Å². The number of anilines is 1. The zero-order chi connectivity index (χ0) is 15.4. The van der Waals surface area contributed by atoms with E-state index >= 15 is 0 Å². The fraction of sp³-hybridized carbons (Fsp3) is 0.0625. The molecule has 6 heteroatoms. The quantitative estimate of drug-likeness (QED) is 0.747. The van der Waals surface area contributed by atoms with Gasteiger partial charge in [0.15, 0.2) is 5.69 Å². The van der Waals surface area contributed by atoms with E-state index < -0.39 is 0 Å². The average Bonchev–Trinajstić information content (AvgIpc) is 3.17. The molecule has 0 aliphatic heterocycles. The second-order valence-corrected chi connectivity index (χ2v) is 4.67. The standard InChI is InChI=1S/C16H13N3O3/c1-11-4-6-12(7-5-11)15-16(19-22-18-15)17-14(20)9-8-13-3-2-10-21-13/h2-10H,1H3,(H,17,19,20). The zero-order valence-electron chi connectivity index (χ0n) is 11.8. The Balaban J connectivity index is 1.75. The number of rotatable bonds is 4. The van der Waals surface area contributed by atoms with Crippen LogP contribution in [0.15, 0.2) is 57.8 Å². The third kappa shape index (κ3) is 3.12. The van der Waals surface area contributed by atoms with Crippen LogP contribution in [0.25, 0.3) is 17.3 Å². The molecular formula is C16H13N3O3. The van der Waals surface area contributed by atoms with Crippen molar-refractivity contribution in [3.63, 3.8) is 0 Å². The Bertz CT molecular complexity index is 786. The maximum Gasteiger partial charge on any atom is 0.249 e. The molecule has 2 aromatic heterocycles. The maximum atomic E-state index is 11.9. The molecule has 0 aliphatic carbocycles. The van der Waals surface area contributed by atoms with Gasteiger partial charge in [0.05, 0.1) is 6.26 Å². The van der Waals surface area contributed by atoms with Crippen molar-refractivity contribution in [3.05, 3.63) is 60.1 Å². The van der Waals surface area contributed by atoms with E-state index in [1.807, 2.05) is 31.2 Å². The second-order valence-electron chi connectivity index (χ2n) is 4.67. The summed E-state index contributed by atoms with van der Waals surface area (Å²) in [5.41, 5.74) is 2.43. The molecule has 0 saturated heterocycles. The second kappa shape index (κ2) is 6.09. The smallest absolute Gasteiger partial charge is 0.249 e. The number of nitrogens with one attached hydrogen (secondary N) is 1. The highest BCUT2D eigenvalue weighted by molar-refractivity contribution is 6.02. The normalized spacial score (nSPS) is 11.0. The Labute approximate surface area is 126 Å². The number of carbonyl (C=O) groups excluding carboxylic acids is 1. The van der Waals surface area contributed by atoms with E-state index in [4.69, 9.17) is 9.05 Å². The molecule has 1 amide bonds. The van der Waals surface area contributed by atoms with Crippen LogP contribution in [0.1, 0.15) is 11.3 Å². The Morgan fingerprint density at radius 3 is 2.73 bits per heavy atom. The molecular weight excluding hydrogens is 282 g/mol. The molecule has 0 unspecified atom stereocenters. The lowest BCUT2D eigenvalue weighted by molar-refractivity contribution is -0.111. The van der Waals surface area contributed by atoms with Gasteiger partial charge < -0.3 is 9.73 Å². The molecule has 2 heterocycles. The molecule has 0 aliphatic rings. The molecule has 1 N–H and O–H groups in total. The van der Waals surface area contributed by atoms with E-state index in [1.54, 1.807) is 18.2 Å². The van der Waals surface area contributed by atoms with Gasteiger partial charge in [0.2, 0.25) is 11.7 Å². The third-order valence-electron chi connectivity index (χ3n) is 3.00. The zero-order valence-corrected chi connectivity index (χ0v) is 11.8. The molecule has 0 radical (unpaired) electrons. The summed E-state index contributed by atoms with van der Waals surface area (Å²) >= 11 is 0. The number of carbonyl (C=O) groups is 1. The van der Waals surface area contributed by atoms with Gasteiger partial charge in [-0.2, -0.15) is 0 Å². The van der Waals surface area contributed by atoms with Crippen LogP contribution in [-0.4, -0.2) is 16.2 Å². The lowest BCUT2D eigenvalue weighted by Gasteiger charge is -2.00. The van der Waals surface area contributed by atoms with Crippen LogP contribution in [0.3, 0.4) is 0 Å². The molecule has 3 aromatic rings. The summed E-state index contributed by atoms with van der Waals surface area (Å²) in [5, 5.41) is 10.2. The number of benzene rings is 1. The summed E-state index contributed by atoms with van der Waals surface area (Å²) in [6.07, 6.45) is 4.45. The minimum Gasteiger partial charge on any atom is -0.465 e. The fourth-order valence-electron chi connectivity index (χ4n) is 1.87. The van der Waals surface area contributed by atoms with Gasteiger partial charge in [0, 0.05) is 11.6 Å². The van der Waals surface area contributed by atoms with E-state index in [9.17, 15) is 4.79 Å². The van der Waals surface area contributed by atoms with Crippen molar-refractivity contribution in [2.45, 2.75) is 6.92 Å². The van der Waals surface area contributed by atoms with Gasteiger partial charge >= 0.3 is 0 Å². The van der Waals surface area contributed by atoms with Crippen LogP contribution in [0.4, 0.5) is 5.82 Å². The average molecular weight is 295 g/mol. The van der Waals surface area contributed by atoms with E-state index in [2.05, 4.69) is 15.6 Å². The van der Waals surface area contributed by atoms with Crippen LogP contribution in [0.5, 0.6) is 0 Å². The lowest BCUT2D eigenvalue weighted by atomic mass is 10.1. The molecule has 110 valence electrons. The molecule has 1 aromatic carbocycles. The molecule has 0 saturated carbocycles. The number of hydrogen-bond donors (Lipinski definition) is 1. The number of aromatic nitrogens is 2. The van der Waals surface area contributed by atoms with Crippen LogP contribution in [-0.2, 0) is 4.79 Å². The van der Waals surface area contributed by atoms with Crippen molar-refractivity contribution in [1.82, 2.24) is 10.3 Å². The van der Waals surface area contributed by atoms with Crippen LogP contribution >= 0.6 is 0 Å². The summed E-state index contributed by atoms with van der Waals surface area (Å²) in [7, 11) is 0. The third-order valence-corrected chi connectivity index (χ3v) is 3.00. The van der Waals surface area contributed by atoms with Gasteiger partial charge in [0.1, 0.15) is 5.76 Å². The molecule has 0 bridgehead atoms. The largest absolute Gasteiger partial charge is 0.465 e. The highest BCUT2D eigenvalue weighted by atomic mass is 16.6. The minimum atomic E-state index is -0.347. The van der Waals surface area contributed by atoms with Gasteiger partial charge in [-0.3, -0.25) is 4.79 Å². The van der Waals surface area contributed by atoms with Crippen molar-refractivity contribution in [3.8, 4) is 11.3 Å². The first-order valence-electron chi connectivity index (χ1n) is 6.64. The van der Waals surface area contributed by atoms with E-state index in [-0.39, 0.29) is 11.7 Å². The maximum absolute atomic E-state index is 11.9. The summed E-state index contributed by atoms with van der Waals surface area (Å²) in [6, 6.07) is 11.2. The topological polar surface area (TPSA) is 81.2 Å². The number of hydrogen-bond acceptors (Lipinski definition) is 5. The minimum absolute atomic E-state index is 0.276. The van der Waals surface area contributed by atoms with Crippen molar-refractivity contribution in [2.24, 2.45) is 0 Å². The highest BCUT2D eigenvalue weighted by Gasteiger charge is 2.13. The SMILES string of the molecule is Cc1ccc(-c2nonc2NC(=O)C=Cc2ccco2)cc1. The van der Waals surface area contributed by atoms with Gasteiger partial charge in [0.25, 0.3) is 0 Å². The van der Waals surface area contributed by atoms with Gasteiger partial charge in [-0.25, -0.2) is 4.63 Å². The Morgan fingerprint density at radius 1 is 1.18 bits per heavy atom. The van der Waals surface area contributed by atoms with Crippen molar-refractivity contribution in [1.29, 1.82) is 0 Å². The van der Waals surface area contributed by atoms with E-state index in [0.717, 1.165) is 11.1 Å². The molecule has 3 rings (SSSR count). The molecule has 6 nitrogen and oxygen atoms in total. The van der Waals surface area contributed by atoms with Crippen molar-refractivity contribution < 1.29 is 13.8 Å².